The number of hydrogen-bond donors (Lipinski definition) is 1. The van der Waals surface area contributed by atoms with Gasteiger partial charge in [0.15, 0.2) is 0 Å². The summed E-state index contributed by atoms with van der Waals surface area (Å²) < 4.78 is 0. The molecule has 2 N–H and O–H groups in total. The van der Waals surface area contributed by atoms with Gasteiger partial charge in [-0.15, -0.1) is 24.8 Å². The molecule has 1 saturated heterocycles. The first kappa shape index (κ1) is 19.3. The lowest BCUT2D eigenvalue weighted by Gasteiger charge is -2.39. The van der Waals surface area contributed by atoms with Gasteiger partial charge in [-0.1, -0.05) is 13.8 Å². The number of amides is 1. The van der Waals surface area contributed by atoms with E-state index in [-0.39, 0.29) is 48.7 Å². The van der Waals surface area contributed by atoms with Crippen LogP contribution in [0.3, 0.4) is 0 Å². The Morgan fingerprint density at radius 2 is 1.82 bits per heavy atom. The Labute approximate surface area is 117 Å². The van der Waals surface area contributed by atoms with Crippen molar-refractivity contribution < 1.29 is 4.79 Å². The normalized spacial score (nSPS) is 22.7. The summed E-state index contributed by atoms with van der Waals surface area (Å²) in [4.78, 5) is 16.2. The summed E-state index contributed by atoms with van der Waals surface area (Å²) in [7, 11) is 2.08. The first-order valence-corrected chi connectivity index (χ1v) is 5.68. The molecule has 1 heterocycles. The average molecular weight is 286 g/mol. The number of nitrogens with zero attached hydrogens (tertiary/aromatic N) is 2. The molecule has 1 amide bonds. The van der Waals surface area contributed by atoms with Crippen LogP contribution < -0.4 is 5.73 Å². The lowest BCUT2D eigenvalue weighted by Crippen LogP contribution is -2.57. The minimum atomic E-state index is -0.351. The van der Waals surface area contributed by atoms with E-state index in [1.807, 2.05) is 18.7 Å². The quantitative estimate of drug-likeness (QED) is 0.823. The first-order chi connectivity index (χ1) is 6.93. The SMILES string of the molecule is CC(C)[C@H](N)C(=O)N1CCN(C)CC1C.Cl.Cl. The van der Waals surface area contributed by atoms with Crippen molar-refractivity contribution in [3.63, 3.8) is 0 Å². The molecule has 0 aromatic rings. The van der Waals surface area contributed by atoms with Gasteiger partial charge in [0.1, 0.15) is 0 Å². The smallest absolute Gasteiger partial charge is 0.240 e. The van der Waals surface area contributed by atoms with Crippen LogP contribution in [-0.4, -0.2) is 54.5 Å². The molecular weight excluding hydrogens is 261 g/mol. The predicted octanol–water partition coefficient (Wildman–Crippen LogP) is 0.976. The van der Waals surface area contributed by atoms with Crippen LogP contribution in [0.15, 0.2) is 0 Å². The number of carbonyl (C=O) groups is 1. The second-order valence-electron chi connectivity index (χ2n) is 4.91. The molecule has 1 rings (SSSR count). The van der Waals surface area contributed by atoms with Crippen molar-refractivity contribution in [2.45, 2.75) is 32.9 Å². The number of carbonyl (C=O) groups excluding carboxylic acids is 1. The molecule has 0 radical (unpaired) electrons. The minimum Gasteiger partial charge on any atom is -0.336 e. The highest BCUT2D eigenvalue weighted by atomic mass is 35.5. The third-order valence-corrected chi connectivity index (χ3v) is 3.12. The number of rotatable bonds is 2. The number of hydrogen-bond acceptors (Lipinski definition) is 3. The molecule has 0 aromatic carbocycles. The highest BCUT2D eigenvalue weighted by molar-refractivity contribution is 5.85. The Morgan fingerprint density at radius 1 is 1.29 bits per heavy atom. The van der Waals surface area contributed by atoms with Crippen LogP contribution in [0.25, 0.3) is 0 Å². The molecule has 0 saturated carbocycles. The molecule has 0 bridgehead atoms. The van der Waals surface area contributed by atoms with Gasteiger partial charge in [-0.25, -0.2) is 0 Å². The molecule has 17 heavy (non-hydrogen) atoms. The maximum absolute atomic E-state index is 12.0. The summed E-state index contributed by atoms with van der Waals surface area (Å²) in [5.41, 5.74) is 5.88. The van der Waals surface area contributed by atoms with Crippen LogP contribution in [0.5, 0.6) is 0 Å². The lowest BCUT2D eigenvalue weighted by molar-refractivity contribution is -0.137. The van der Waals surface area contributed by atoms with Gasteiger partial charge < -0.3 is 15.5 Å². The molecule has 0 aliphatic carbocycles. The standard InChI is InChI=1S/C11H23N3O.2ClH/c1-8(2)10(12)11(15)14-6-5-13(4)7-9(14)3;;/h8-10H,5-7,12H2,1-4H3;2*1H/t9?,10-;;/m0../s1. The topological polar surface area (TPSA) is 49.6 Å². The van der Waals surface area contributed by atoms with E-state index < -0.39 is 0 Å². The molecule has 2 atom stereocenters. The second kappa shape index (κ2) is 8.14. The van der Waals surface area contributed by atoms with Crippen molar-refractivity contribution in [3.8, 4) is 0 Å². The van der Waals surface area contributed by atoms with E-state index >= 15 is 0 Å². The van der Waals surface area contributed by atoms with Crippen LogP contribution in [0, 0.1) is 5.92 Å². The molecule has 1 fully saturated rings. The first-order valence-electron chi connectivity index (χ1n) is 5.68. The van der Waals surface area contributed by atoms with Crippen LogP contribution in [-0.2, 0) is 4.79 Å². The van der Waals surface area contributed by atoms with E-state index in [2.05, 4.69) is 18.9 Å². The molecular formula is C11H25Cl2N3O. The third kappa shape index (κ3) is 5.00. The van der Waals surface area contributed by atoms with Crippen molar-refractivity contribution in [2.75, 3.05) is 26.7 Å². The van der Waals surface area contributed by atoms with Crippen LogP contribution in [0.4, 0.5) is 0 Å². The maximum atomic E-state index is 12.0. The summed E-state index contributed by atoms with van der Waals surface area (Å²) in [5, 5.41) is 0. The zero-order valence-electron chi connectivity index (χ0n) is 11.0. The average Bonchev–Trinajstić information content (AvgIpc) is 2.15. The van der Waals surface area contributed by atoms with Gasteiger partial charge >= 0.3 is 0 Å². The van der Waals surface area contributed by atoms with Crippen molar-refractivity contribution >= 4 is 30.7 Å². The van der Waals surface area contributed by atoms with Crippen molar-refractivity contribution in [3.05, 3.63) is 0 Å². The highest BCUT2D eigenvalue weighted by Gasteiger charge is 2.30. The van der Waals surface area contributed by atoms with Gasteiger partial charge in [-0.2, -0.15) is 0 Å². The van der Waals surface area contributed by atoms with E-state index in [0.717, 1.165) is 19.6 Å². The maximum Gasteiger partial charge on any atom is 0.240 e. The second-order valence-corrected chi connectivity index (χ2v) is 4.91. The minimum absolute atomic E-state index is 0. The number of nitrogens with two attached hydrogens (primary N) is 1. The van der Waals surface area contributed by atoms with Crippen LogP contribution in [0.1, 0.15) is 20.8 Å². The highest BCUT2D eigenvalue weighted by Crippen LogP contribution is 2.11. The fraction of sp³-hybridized carbons (Fsp3) is 0.909. The number of piperazine rings is 1. The zero-order chi connectivity index (χ0) is 11.6. The van der Waals surface area contributed by atoms with E-state index in [9.17, 15) is 4.79 Å². The van der Waals surface area contributed by atoms with Gasteiger partial charge in [0.2, 0.25) is 5.91 Å². The van der Waals surface area contributed by atoms with Gasteiger partial charge in [-0.05, 0) is 19.9 Å². The van der Waals surface area contributed by atoms with E-state index in [1.54, 1.807) is 0 Å². The Kier molecular flexibility index (Phi) is 9.25. The summed E-state index contributed by atoms with van der Waals surface area (Å²) in [6.07, 6.45) is 0. The summed E-state index contributed by atoms with van der Waals surface area (Å²) in [5.74, 6) is 0.315. The van der Waals surface area contributed by atoms with Crippen molar-refractivity contribution in [1.29, 1.82) is 0 Å². The Hall–Kier alpha value is -0.0300. The van der Waals surface area contributed by atoms with Gasteiger partial charge in [0.25, 0.3) is 0 Å². The monoisotopic (exact) mass is 285 g/mol. The fourth-order valence-electron chi connectivity index (χ4n) is 1.94. The molecule has 4 nitrogen and oxygen atoms in total. The predicted molar refractivity (Wildman–Crippen MR) is 76.0 cm³/mol. The van der Waals surface area contributed by atoms with E-state index in [1.165, 1.54) is 0 Å². The third-order valence-electron chi connectivity index (χ3n) is 3.12. The summed E-state index contributed by atoms with van der Waals surface area (Å²) in [6.45, 7) is 8.75. The zero-order valence-corrected chi connectivity index (χ0v) is 12.7. The van der Waals surface area contributed by atoms with Gasteiger partial charge in [0.05, 0.1) is 6.04 Å². The largest absolute Gasteiger partial charge is 0.336 e. The Bertz CT molecular complexity index is 239. The van der Waals surface area contributed by atoms with E-state index in [4.69, 9.17) is 5.73 Å². The Balaban J connectivity index is 0. The van der Waals surface area contributed by atoms with Gasteiger partial charge in [0, 0.05) is 25.7 Å². The number of likely N-dealkylation sites (N-methyl/N-ethyl adjacent to an activating group) is 1. The van der Waals surface area contributed by atoms with Crippen molar-refractivity contribution in [2.24, 2.45) is 11.7 Å². The van der Waals surface area contributed by atoms with E-state index in [0.29, 0.717) is 0 Å². The fourth-order valence-corrected chi connectivity index (χ4v) is 1.94. The number of halogens is 2. The lowest BCUT2D eigenvalue weighted by atomic mass is 10.0. The van der Waals surface area contributed by atoms with Crippen LogP contribution in [0.2, 0.25) is 0 Å². The Morgan fingerprint density at radius 3 is 2.24 bits per heavy atom. The molecule has 0 aromatic heterocycles. The summed E-state index contributed by atoms with van der Waals surface area (Å²) >= 11 is 0. The van der Waals surface area contributed by atoms with Crippen molar-refractivity contribution in [1.82, 2.24) is 9.80 Å². The molecule has 104 valence electrons. The molecule has 1 aliphatic heterocycles. The van der Waals surface area contributed by atoms with Crippen LogP contribution >= 0.6 is 24.8 Å². The van der Waals surface area contributed by atoms with Gasteiger partial charge in [-0.3, -0.25) is 4.79 Å². The molecule has 1 unspecified atom stereocenters. The molecule has 0 spiro atoms. The molecule has 1 aliphatic rings. The summed E-state index contributed by atoms with van der Waals surface area (Å²) in [6, 6.07) is -0.0723. The molecule has 6 heteroatoms.